The predicted molar refractivity (Wildman–Crippen MR) is 73.7 cm³/mol. The summed E-state index contributed by atoms with van der Waals surface area (Å²) in [5.41, 5.74) is 4.11. The largest absolute Gasteiger partial charge is 0.213 e. The molecule has 84 valence electrons. The normalized spacial score (nSPS) is 12.5. The minimum Gasteiger partial charge on any atom is -0.213 e. The van der Waals surface area contributed by atoms with Gasteiger partial charge in [0.2, 0.25) is 0 Å². The highest BCUT2D eigenvalue weighted by molar-refractivity contribution is 7.08. The Bertz CT molecular complexity index is 513. The summed E-state index contributed by atoms with van der Waals surface area (Å²) in [6.45, 7) is 0. The van der Waals surface area contributed by atoms with E-state index in [1.165, 1.54) is 16.7 Å². The molecule has 0 unspecified atom stereocenters. The van der Waals surface area contributed by atoms with Crippen LogP contribution in [0, 0.1) is 0 Å². The Morgan fingerprint density at radius 1 is 0.882 bits per heavy atom. The van der Waals surface area contributed by atoms with E-state index in [4.69, 9.17) is 0 Å². The molecule has 0 saturated carbocycles. The Kier molecular flexibility index (Phi) is 2.85. The third-order valence-corrected chi connectivity index (χ3v) is 3.73. The van der Waals surface area contributed by atoms with Crippen molar-refractivity contribution in [1.29, 1.82) is 0 Å². The molecular formula is C16H13S-. The second-order valence-corrected chi connectivity index (χ2v) is 4.90. The molecule has 0 N–H and O–H groups in total. The van der Waals surface area contributed by atoms with Gasteiger partial charge in [-0.25, -0.2) is 12.1 Å². The van der Waals surface area contributed by atoms with Crippen LogP contribution in [-0.4, -0.2) is 0 Å². The predicted octanol–water partition coefficient (Wildman–Crippen LogP) is 4.65. The Labute approximate surface area is 106 Å². The molecule has 1 aromatic heterocycles. The average Bonchev–Trinajstić information content (AvgIpc) is 3.04. The molecule has 1 heterocycles. The molecule has 0 aliphatic carbocycles. The quantitative estimate of drug-likeness (QED) is 0.582. The van der Waals surface area contributed by atoms with E-state index in [2.05, 4.69) is 71.4 Å². The molecule has 0 radical (unpaired) electrons. The van der Waals surface area contributed by atoms with Crippen LogP contribution < -0.4 is 0 Å². The van der Waals surface area contributed by atoms with Gasteiger partial charge in [0.1, 0.15) is 0 Å². The number of hydrogen-bond donors (Lipinski definition) is 0. The van der Waals surface area contributed by atoms with E-state index in [0.717, 1.165) is 0 Å². The van der Waals surface area contributed by atoms with Crippen LogP contribution in [-0.2, 0) is 0 Å². The molecule has 0 nitrogen and oxygen atoms in total. The van der Waals surface area contributed by atoms with Crippen LogP contribution in [0.3, 0.4) is 0 Å². The summed E-state index contributed by atoms with van der Waals surface area (Å²) in [4.78, 5) is 0. The monoisotopic (exact) mass is 237 g/mol. The molecule has 0 fully saturated rings. The van der Waals surface area contributed by atoms with Crippen LogP contribution in [0.15, 0.2) is 71.4 Å². The first kappa shape index (κ1) is 10.4. The molecule has 0 saturated heterocycles. The molecular weight excluding hydrogens is 224 g/mol. The van der Waals surface area contributed by atoms with Gasteiger partial charge < -0.3 is 0 Å². The van der Waals surface area contributed by atoms with Gasteiger partial charge in [-0.2, -0.15) is 29.0 Å². The van der Waals surface area contributed by atoms with Crippen molar-refractivity contribution in [2.45, 2.75) is 5.92 Å². The van der Waals surface area contributed by atoms with Gasteiger partial charge >= 0.3 is 0 Å². The van der Waals surface area contributed by atoms with Crippen LogP contribution >= 0.6 is 11.3 Å². The molecule has 1 heteroatoms. The third kappa shape index (κ3) is 2.06. The van der Waals surface area contributed by atoms with E-state index in [9.17, 15) is 0 Å². The number of thiophene rings is 1. The Balaban J connectivity index is 2.10. The van der Waals surface area contributed by atoms with Crippen molar-refractivity contribution >= 4 is 11.3 Å². The maximum atomic E-state index is 2.24. The topological polar surface area (TPSA) is 0 Å². The SMILES string of the molecule is c1ccc([C@H](c2ccsc2)c2ccc[cH-]2)cc1. The lowest BCUT2D eigenvalue weighted by Crippen LogP contribution is -2.00. The molecule has 0 aliphatic heterocycles. The van der Waals surface area contributed by atoms with E-state index < -0.39 is 0 Å². The van der Waals surface area contributed by atoms with Gasteiger partial charge in [-0.15, -0.1) is 0 Å². The van der Waals surface area contributed by atoms with E-state index in [1.54, 1.807) is 11.3 Å². The first-order valence-electron chi connectivity index (χ1n) is 5.74. The molecule has 0 amide bonds. The lowest BCUT2D eigenvalue weighted by atomic mass is 9.88. The fourth-order valence-corrected chi connectivity index (χ4v) is 2.93. The van der Waals surface area contributed by atoms with E-state index >= 15 is 0 Å². The van der Waals surface area contributed by atoms with Crippen LogP contribution in [0.25, 0.3) is 0 Å². The first-order valence-corrected chi connectivity index (χ1v) is 6.68. The van der Waals surface area contributed by atoms with Crippen molar-refractivity contribution in [3.8, 4) is 0 Å². The van der Waals surface area contributed by atoms with Gasteiger partial charge in [-0.1, -0.05) is 30.3 Å². The van der Waals surface area contributed by atoms with Crippen molar-refractivity contribution in [2.75, 3.05) is 0 Å². The Morgan fingerprint density at radius 2 is 1.76 bits per heavy atom. The van der Waals surface area contributed by atoms with Gasteiger partial charge in [0.25, 0.3) is 0 Å². The van der Waals surface area contributed by atoms with Gasteiger partial charge in [0.05, 0.1) is 0 Å². The second-order valence-electron chi connectivity index (χ2n) is 4.12. The van der Waals surface area contributed by atoms with Crippen molar-refractivity contribution in [3.63, 3.8) is 0 Å². The molecule has 3 rings (SSSR count). The minimum absolute atomic E-state index is 0.373. The van der Waals surface area contributed by atoms with Crippen LogP contribution in [0.4, 0.5) is 0 Å². The smallest absolute Gasteiger partial charge is 0.0118 e. The molecule has 0 aliphatic rings. The molecule has 3 aromatic rings. The average molecular weight is 237 g/mol. The molecule has 0 spiro atoms. The van der Waals surface area contributed by atoms with Crippen LogP contribution in [0.5, 0.6) is 0 Å². The highest BCUT2D eigenvalue weighted by atomic mass is 32.1. The number of hydrogen-bond acceptors (Lipinski definition) is 1. The van der Waals surface area contributed by atoms with Gasteiger partial charge in [-0.3, -0.25) is 0 Å². The summed E-state index contributed by atoms with van der Waals surface area (Å²) in [6.07, 6.45) is 0. The molecule has 1 atom stereocenters. The van der Waals surface area contributed by atoms with E-state index in [0.29, 0.717) is 5.92 Å². The highest BCUT2D eigenvalue weighted by Gasteiger charge is 2.13. The maximum absolute atomic E-state index is 2.24. The first-order chi connectivity index (χ1) is 8.45. The van der Waals surface area contributed by atoms with Gasteiger partial charge in [0, 0.05) is 5.92 Å². The van der Waals surface area contributed by atoms with Crippen molar-refractivity contribution in [2.24, 2.45) is 0 Å². The summed E-state index contributed by atoms with van der Waals surface area (Å²) in [5, 5.41) is 4.39. The van der Waals surface area contributed by atoms with Crippen LogP contribution in [0.1, 0.15) is 22.6 Å². The van der Waals surface area contributed by atoms with E-state index in [-0.39, 0.29) is 0 Å². The summed E-state index contributed by atoms with van der Waals surface area (Å²) < 4.78 is 0. The summed E-state index contributed by atoms with van der Waals surface area (Å²) in [5.74, 6) is 0.373. The zero-order valence-corrected chi connectivity index (χ0v) is 10.2. The Hall–Kier alpha value is -1.73. The van der Waals surface area contributed by atoms with Crippen molar-refractivity contribution in [1.82, 2.24) is 0 Å². The zero-order chi connectivity index (χ0) is 11.5. The molecule has 2 aromatic carbocycles. The van der Waals surface area contributed by atoms with Gasteiger partial charge in [0.15, 0.2) is 0 Å². The van der Waals surface area contributed by atoms with Gasteiger partial charge in [-0.05, 0) is 28.0 Å². The van der Waals surface area contributed by atoms with Crippen LogP contribution in [0.2, 0.25) is 0 Å². The second kappa shape index (κ2) is 4.64. The number of rotatable bonds is 3. The lowest BCUT2D eigenvalue weighted by molar-refractivity contribution is 0.992. The number of benzene rings is 1. The van der Waals surface area contributed by atoms with Crippen molar-refractivity contribution in [3.05, 3.63) is 88.1 Å². The summed E-state index contributed by atoms with van der Waals surface area (Å²) in [6, 6.07) is 21.5. The summed E-state index contributed by atoms with van der Waals surface area (Å²) >= 11 is 1.76. The minimum atomic E-state index is 0.373. The highest BCUT2D eigenvalue weighted by Crippen LogP contribution is 2.33. The Morgan fingerprint density at radius 3 is 2.41 bits per heavy atom. The zero-order valence-electron chi connectivity index (χ0n) is 9.41. The van der Waals surface area contributed by atoms with Crippen molar-refractivity contribution < 1.29 is 0 Å². The molecule has 0 bridgehead atoms. The fraction of sp³-hybridized carbons (Fsp3) is 0.0625. The standard InChI is InChI=1S/C16H13S/c1-2-6-13(7-3-1)16(14-8-4-5-9-14)15-10-11-17-12-15/h1-12,16H/q-1/t16-/m0/s1. The maximum Gasteiger partial charge on any atom is 0.0118 e. The summed E-state index contributed by atoms with van der Waals surface area (Å²) in [7, 11) is 0. The fourth-order valence-electron chi connectivity index (χ4n) is 2.24. The lowest BCUT2D eigenvalue weighted by Gasteiger charge is -2.19. The molecule has 17 heavy (non-hydrogen) atoms. The van der Waals surface area contributed by atoms with E-state index in [1.807, 2.05) is 0 Å². The third-order valence-electron chi connectivity index (χ3n) is 3.03.